The molecule has 0 heterocycles. The van der Waals surface area contributed by atoms with Crippen molar-refractivity contribution >= 4 is 11.6 Å². The molecule has 1 rings (SSSR count). The van der Waals surface area contributed by atoms with Gasteiger partial charge in [-0.25, -0.2) is 0 Å². The number of rotatable bonds is 8. The standard InChI is InChI=1S/C14H21ClN2O/c1-11(2)10-18-8-7-17-14(9-16)12-5-3-4-6-13(12)15/h3-6,14,17H,1,7-10,16H2,2H3. The van der Waals surface area contributed by atoms with Crippen LogP contribution in [0.1, 0.15) is 18.5 Å². The van der Waals surface area contributed by atoms with Crippen LogP contribution in [0.3, 0.4) is 0 Å². The number of hydrogen-bond donors (Lipinski definition) is 2. The Morgan fingerprint density at radius 3 is 2.83 bits per heavy atom. The summed E-state index contributed by atoms with van der Waals surface area (Å²) >= 11 is 6.14. The van der Waals surface area contributed by atoms with Crippen LogP contribution in [-0.2, 0) is 4.74 Å². The van der Waals surface area contributed by atoms with E-state index in [1.54, 1.807) is 0 Å². The van der Waals surface area contributed by atoms with Gasteiger partial charge in [0.2, 0.25) is 0 Å². The van der Waals surface area contributed by atoms with Gasteiger partial charge in [0.1, 0.15) is 0 Å². The molecule has 1 aromatic rings. The van der Waals surface area contributed by atoms with Gasteiger partial charge < -0.3 is 15.8 Å². The maximum absolute atomic E-state index is 6.14. The van der Waals surface area contributed by atoms with Crippen molar-refractivity contribution in [1.29, 1.82) is 0 Å². The first-order chi connectivity index (χ1) is 8.65. The van der Waals surface area contributed by atoms with Crippen molar-refractivity contribution < 1.29 is 4.74 Å². The van der Waals surface area contributed by atoms with Gasteiger partial charge in [-0.3, -0.25) is 0 Å². The molecule has 0 amide bonds. The molecule has 0 spiro atoms. The van der Waals surface area contributed by atoms with E-state index in [1.165, 1.54) is 0 Å². The van der Waals surface area contributed by atoms with Gasteiger partial charge in [-0.1, -0.05) is 42.0 Å². The van der Waals surface area contributed by atoms with E-state index in [0.29, 0.717) is 19.8 Å². The molecule has 3 N–H and O–H groups in total. The number of benzene rings is 1. The zero-order valence-corrected chi connectivity index (χ0v) is 11.5. The van der Waals surface area contributed by atoms with E-state index in [4.69, 9.17) is 22.1 Å². The lowest BCUT2D eigenvalue weighted by atomic mass is 10.1. The zero-order valence-electron chi connectivity index (χ0n) is 10.8. The van der Waals surface area contributed by atoms with Gasteiger partial charge in [0.15, 0.2) is 0 Å². The van der Waals surface area contributed by atoms with Crippen LogP contribution in [0.25, 0.3) is 0 Å². The average molecular weight is 269 g/mol. The predicted molar refractivity (Wildman–Crippen MR) is 76.9 cm³/mol. The van der Waals surface area contributed by atoms with Crippen molar-refractivity contribution in [1.82, 2.24) is 5.32 Å². The third kappa shape index (κ3) is 5.19. The fourth-order valence-corrected chi connectivity index (χ4v) is 1.90. The molecule has 0 radical (unpaired) electrons. The molecule has 0 aliphatic carbocycles. The Hall–Kier alpha value is -0.870. The monoisotopic (exact) mass is 268 g/mol. The first-order valence-corrected chi connectivity index (χ1v) is 6.43. The molecular weight excluding hydrogens is 248 g/mol. The van der Waals surface area contributed by atoms with Gasteiger partial charge in [0.25, 0.3) is 0 Å². The summed E-state index contributed by atoms with van der Waals surface area (Å²) in [6, 6.07) is 7.80. The van der Waals surface area contributed by atoms with E-state index in [0.717, 1.165) is 22.7 Å². The van der Waals surface area contributed by atoms with E-state index >= 15 is 0 Å². The summed E-state index contributed by atoms with van der Waals surface area (Å²) in [5.74, 6) is 0. The van der Waals surface area contributed by atoms with Gasteiger partial charge in [-0.05, 0) is 18.6 Å². The second-order valence-corrected chi connectivity index (χ2v) is 4.68. The van der Waals surface area contributed by atoms with E-state index in [2.05, 4.69) is 11.9 Å². The van der Waals surface area contributed by atoms with E-state index < -0.39 is 0 Å². The van der Waals surface area contributed by atoms with Crippen molar-refractivity contribution in [3.8, 4) is 0 Å². The van der Waals surface area contributed by atoms with Crippen LogP contribution < -0.4 is 11.1 Å². The zero-order chi connectivity index (χ0) is 13.4. The molecule has 18 heavy (non-hydrogen) atoms. The lowest BCUT2D eigenvalue weighted by Crippen LogP contribution is -2.31. The summed E-state index contributed by atoms with van der Waals surface area (Å²) in [5.41, 5.74) is 7.81. The molecule has 0 saturated heterocycles. The number of nitrogens with one attached hydrogen (secondary N) is 1. The Labute approximate surface area is 114 Å². The van der Waals surface area contributed by atoms with Crippen molar-refractivity contribution in [2.45, 2.75) is 13.0 Å². The van der Waals surface area contributed by atoms with Gasteiger partial charge in [-0.2, -0.15) is 0 Å². The molecular formula is C14H21ClN2O. The highest BCUT2D eigenvalue weighted by molar-refractivity contribution is 6.31. The minimum atomic E-state index is 0.0622. The summed E-state index contributed by atoms with van der Waals surface area (Å²) < 4.78 is 5.42. The first-order valence-electron chi connectivity index (χ1n) is 6.05. The van der Waals surface area contributed by atoms with E-state index in [9.17, 15) is 0 Å². The van der Waals surface area contributed by atoms with Gasteiger partial charge in [-0.15, -0.1) is 0 Å². The number of hydrogen-bond acceptors (Lipinski definition) is 3. The Bertz CT molecular complexity index is 382. The third-order valence-electron chi connectivity index (χ3n) is 2.50. The molecule has 1 atom stereocenters. The normalized spacial score (nSPS) is 12.4. The van der Waals surface area contributed by atoms with Crippen LogP contribution in [0.5, 0.6) is 0 Å². The van der Waals surface area contributed by atoms with E-state index in [1.807, 2.05) is 31.2 Å². The second kappa shape index (κ2) is 8.27. The van der Waals surface area contributed by atoms with Crippen molar-refractivity contribution in [2.75, 3.05) is 26.3 Å². The number of ether oxygens (including phenoxy) is 1. The van der Waals surface area contributed by atoms with Crippen LogP contribution in [0.4, 0.5) is 0 Å². The molecule has 0 aromatic heterocycles. The molecule has 1 unspecified atom stereocenters. The van der Waals surface area contributed by atoms with Crippen LogP contribution >= 0.6 is 11.6 Å². The fraction of sp³-hybridized carbons (Fsp3) is 0.429. The summed E-state index contributed by atoms with van der Waals surface area (Å²) in [5, 5.41) is 4.08. The minimum Gasteiger partial charge on any atom is -0.376 e. The summed E-state index contributed by atoms with van der Waals surface area (Å²) in [4.78, 5) is 0. The molecule has 0 aliphatic heterocycles. The maximum Gasteiger partial charge on any atom is 0.0672 e. The highest BCUT2D eigenvalue weighted by atomic mass is 35.5. The van der Waals surface area contributed by atoms with Crippen LogP contribution in [0.15, 0.2) is 36.4 Å². The summed E-state index contributed by atoms with van der Waals surface area (Å²) in [6.45, 7) is 8.20. The van der Waals surface area contributed by atoms with E-state index in [-0.39, 0.29) is 6.04 Å². The van der Waals surface area contributed by atoms with Crippen molar-refractivity contribution in [3.63, 3.8) is 0 Å². The second-order valence-electron chi connectivity index (χ2n) is 4.27. The number of nitrogens with two attached hydrogens (primary N) is 1. The van der Waals surface area contributed by atoms with Crippen molar-refractivity contribution in [3.05, 3.63) is 47.0 Å². The SMILES string of the molecule is C=C(C)COCCNC(CN)c1ccccc1Cl. The van der Waals surface area contributed by atoms with Gasteiger partial charge in [0, 0.05) is 24.2 Å². The van der Waals surface area contributed by atoms with Crippen molar-refractivity contribution in [2.24, 2.45) is 5.73 Å². The lowest BCUT2D eigenvalue weighted by Gasteiger charge is -2.18. The minimum absolute atomic E-state index is 0.0622. The largest absolute Gasteiger partial charge is 0.376 e. The molecule has 4 heteroatoms. The Kier molecular flexibility index (Phi) is 6.98. The van der Waals surface area contributed by atoms with Gasteiger partial charge in [0.05, 0.1) is 13.2 Å². The Morgan fingerprint density at radius 1 is 1.50 bits per heavy atom. The first kappa shape index (κ1) is 15.2. The topological polar surface area (TPSA) is 47.3 Å². The molecule has 100 valence electrons. The maximum atomic E-state index is 6.14. The fourth-order valence-electron chi connectivity index (χ4n) is 1.63. The van der Waals surface area contributed by atoms with Crippen LogP contribution in [0, 0.1) is 0 Å². The summed E-state index contributed by atoms with van der Waals surface area (Å²) in [6.07, 6.45) is 0. The van der Waals surface area contributed by atoms with Gasteiger partial charge >= 0.3 is 0 Å². The average Bonchev–Trinajstić information content (AvgIpc) is 2.35. The van der Waals surface area contributed by atoms with Crippen LogP contribution in [0.2, 0.25) is 5.02 Å². The highest BCUT2D eigenvalue weighted by Gasteiger charge is 2.11. The molecule has 3 nitrogen and oxygen atoms in total. The molecule has 1 aromatic carbocycles. The quantitative estimate of drug-likeness (QED) is 0.563. The molecule has 0 aliphatic rings. The molecule has 0 bridgehead atoms. The van der Waals surface area contributed by atoms with Crippen LogP contribution in [-0.4, -0.2) is 26.3 Å². The number of halogens is 1. The lowest BCUT2D eigenvalue weighted by molar-refractivity contribution is 0.155. The highest BCUT2D eigenvalue weighted by Crippen LogP contribution is 2.21. The molecule has 0 fully saturated rings. The Balaban J connectivity index is 2.39. The summed E-state index contributed by atoms with van der Waals surface area (Å²) in [7, 11) is 0. The molecule has 0 saturated carbocycles. The third-order valence-corrected chi connectivity index (χ3v) is 2.85. The smallest absolute Gasteiger partial charge is 0.0672 e. The Morgan fingerprint density at radius 2 is 2.22 bits per heavy atom. The predicted octanol–water partition coefficient (Wildman–Crippen LogP) is 2.52.